The molecule has 0 fully saturated rings. The standard InChI is InChI=1S/C20H22N2O7S/c1-3-30(25,26)22(16-7-8-17-18(12-16)29-10-9-28-17)13-19(23)21-15-6-4-5-14(11-15)20(24)27-2/h4-8,11-12H,3,9-10,13H2,1-2H3,(H,21,23). The predicted octanol–water partition coefficient (Wildman–Crippen LogP) is 2.04. The van der Waals surface area contributed by atoms with Gasteiger partial charge in [-0.25, -0.2) is 13.2 Å². The van der Waals surface area contributed by atoms with Gasteiger partial charge in [0.1, 0.15) is 19.8 Å². The van der Waals surface area contributed by atoms with Crippen LogP contribution in [0.1, 0.15) is 17.3 Å². The minimum Gasteiger partial charge on any atom is -0.486 e. The Morgan fingerprint density at radius 3 is 2.53 bits per heavy atom. The number of nitrogens with zero attached hydrogens (tertiary/aromatic N) is 1. The normalized spacial score (nSPS) is 12.7. The van der Waals surface area contributed by atoms with Crippen molar-refractivity contribution in [3.63, 3.8) is 0 Å². The van der Waals surface area contributed by atoms with Gasteiger partial charge < -0.3 is 19.5 Å². The van der Waals surface area contributed by atoms with E-state index in [0.29, 0.717) is 36.1 Å². The lowest BCUT2D eigenvalue weighted by Crippen LogP contribution is -2.39. The fraction of sp³-hybridized carbons (Fsp3) is 0.300. The quantitative estimate of drug-likeness (QED) is 0.664. The number of benzene rings is 2. The molecule has 0 saturated heterocycles. The van der Waals surface area contributed by atoms with Crippen LogP contribution in [0.15, 0.2) is 42.5 Å². The second kappa shape index (κ2) is 9.04. The number of methoxy groups -OCH3 is 1. The lowest BCUT2D eigenvalue weighted by Gasteiger charge is -2.25. The Balaban J connectivity index is 1.82. The summed E-state index contributed by atoms with van der Waals surface area (Å²) in [5.74, 6) is -0.363. The zero-order valence-corrected chi connectivity index (χ0v) is 17.4. The van der Waals surface area contributed by atoms with Gasteiger partial charge >= 0.3 is 5.97 Å². The Bertz CT molecular complexity index is 1050. The van der Waals surface area contributed by atoms with Gasteiger partial charge in [0, 0.05) is 11.8 Å². The molecule has 1 aliphatic heterocycles. The summed E-state index contributed by atoms with van der Waals surface area (Å²) in [6, 6.07) is 10.9. The highest BCUT2D eigenvalue weighted by Gasteiger charge is 2.25. The fourth-order valence-corrected chi connectivity index (χ4v) is 3.93. The van der Waals surface area contributed by atoms with E-state index < -0.39 is 28.4 Å². The fourth-order valence-electron chi connectivity index (χ4n) is 2.87. The predicted molar refractivity (Wildman–Crippen MR) is 111 cm³/mol. The number of carbonyl (C=O) groups excluding carboxylic acids is 2. The third-order valence-electron chi connectivity index (χ3n) is 4.37. The van der Waals surface area contributed by atoms with Gasteiger partial charge in [0.2, 0.25) is 15.9 Å². The summed E-state index contributed by atoms with van der Waals surface area (Å²) >= 11 is 0. The summed E-state index contributed by atoms with van der Waals surface area (Å²) in [6.45, 7) is 1.82. The molecular weight excluding hydrogens is 412 g/mol. The number of ether oxygens (including phenoxy) is 3. The largest absolute Gasteiger partial charge is 0.486 e. The highest BCUT2D eigenvalue weighted by atomic mass is 32.2. The van der Waals surface area contributed by atoms with E-state index in [2.05, 4.69) is 10.1 Å². The van der Waals surface area contributed by atoms with Crippen LogP contribution < -0.4 is 19.1 Å². The monoisotopic (exact) mass is 434 g/mol. The van der Waals surface area contributed by atoms with E-state index in [1.54, 1.807) is 30.3 Å². The molecule has 0 atom stereocenters. The van der Waals surface area contributed by atoms with E-state index in [4.69, 9.17) is 9.47 Å². The average Bonchev–Trinajstić information content (AvgIpc) is 2.76. The Morgan fingerprint density at radius 2 is 1.83 bits per heavy atom. The highest BCUT2D eigenvalue weighted by molar-refractivity contribution is 7.92. The van der Waals surface area contributed by atoms with E-state index in [1.807, 2.05) is 0 Å². The summed E-state index contributed by atoms with van der Waals surface area (Å²) in [7, 11) is -2.49. The molecule has 1 N–H and O–H groups in total. The second-order valence-corrected chi connectivity index (χ2v) is 8.54. The molecule has 30 heavy (non-hydrogen) atoms. The molecule has 1 amide bonds. The first kappa shape index (κ1) is 21.4. The topological polar surface area (TPSA) is 111 Å². The van der Waals surface area contributed by atoms with E-state index >= 15 is 0 Å². The van der Waals surface area contributed by atoms with E-state index in [-0.39, 0.29) is 11.3 Å². The third-order valence-corrected chi connectivity index (χ3v) is 6.11. The van der Waals surface area contributed by atoms with Gasteiger partial charge in [-0.05, 0) is 37.3 Å². The van der Waals surface area contributed by atoms with Crippen LogP contribution in [0.3, 0.4) is 0 Å². The average molecular weight is 434 g/mol. The maximum atomic E-state index is 12.7. The Labute approximate surface area is 174 Å². The molecule has 0 bridgehead atoms. The van der Waals surface area contributed by atoms with Crippen molar-refractivity contribution in [3.8, 4) is 11.5 Å². The van der Waals surface area contributed by atoms with Crippen LogP contribution in [-0.2, 0) is 19.6 Å². The van der Waals surface area contributed by atoms with Crippen LogP contribution >= 0.6 is 0 Å². The Morgan fingerprint density at radius 1 is 1.10 bits per heavy atom. The Kier molecular flexibility index (Phi) is 6.46. The van der Waals surface area contributed by atoms with Gasteiger partial charge in [0.15, 0.2) is 11.5 Å². The highest BCUT2D eigenvalue weighted by Crippen LogP contribution is 2.34. The zero-order valence-electron chi connectivity index (χ0n) is 16.6. The molecule has 3 rings (SSSR count). The van der Waals surface area contributed by atoms with Gasteiger partial charge in [-0.2, -0.15) is 0 Å². The van der Waals surface area contributed by atoms with Crippen LogP contribution in [0, 0.1) is 0 Å². The number of amides is 1. The van der Waals surface area contributed by atoms with Crippen molar-refractivity contribution >= 4 is 33.3 Å². The maximum Gasteiger partial charge on any atom is 0.337 e. The van der Waals surface area contributed by atoms with Crippen molar-refractivity contribution in [1.29, 1.82) is 0 Å². The smallest absolute Gasteiger partial charge is 0.337 e. The third kappa shape index (κ3) is 4.82. The minimum atomic E-state index is -3.75. The van der Waals surface area contributed by atoms with E-state index in [0.717, 1.165) is 4.31 Å². The van der Waals surface area contributed by atoms with Crippen molar-refractivity contribution in [2.75, 3.05) is 42.2 Å². The molecule has 10 heteroatoms. The molecule has 9 nitrogen and oxygen atoms in total. The molecule has 0 aliphatic carbocycles. The molecule has 160 valence electrons. The van der Waals surface area contributed by atoms with E-state index in [1.165, 1.54) is 26.2 Å². The lowest BCUT2D eigenvalue weighted by atomic mass is 10.2. The van der Waals surface area contributed by atoms with Crippen LogP contribution in [0.2, 0.25) is 0 Å². The molecule has 0 saturated carbocycles. The summed E-state index contributed by atoms with van der Waals surface area (Å²) in [5, 5.41) is 2.61. The number of nitrogens with one attached hydrogen (secondary N) is 1. The molecule has 2 aromatic carbocycles. The van der Waals surface area contributed by atoms with E-state index in [9.17, 15) is 18.0 Å². The van der Waals surface area contributed by atoms with Crippen molar-refractivity contribution in [3.05, 3.63) is 48.0 Å². The van der Waals surface area contributed by atoms with Gasteiger partial charge in [0.25, 0.3) is 0 Å². The number of hydrogen-bond acceptors (Lipinski definition) is 7. The number of hydrogen-bond donors (Lipinski definition) is 1. The first-order chi connectivity index (χ1) is 14.3. The first-order valence-electron chi connectivity index (χ1n) is 9.22. The molecule has 0 spiro atoms. The minimum absolute atomic E-state index is 0.188. The number of fused-ring (bicyclic) bond motifs is 1. The molecule has 0 radical (unpaired) electrons. The Hall–Kier alpha value is -3.27. The number of carbonyl (C=O) groups is 2. The number of rotatable bonds is 7. The molecule has 1 heterocycles. The second-order valence-electron chi connectivity index (χ2n) is 6.36. The van der Waals surface area contributed by atoms with Gasteiger partial charge in [-0.15, -0.1) is 0 Å². The molecule has 0 unspecified atom stereocenters. The number of sulfonamides is 1. The maximum absolute atomic E-state index is 12.7. The zero-order chi connectivity index (χ0) is 21.7. The SMILES string of the molecule is CCS(=O)(=O)N(CC(=O)Nc1cccc(C(=O)OC)c1)c1ccc2c(c1)OCCO2. The van der Waals surface area contributed by atoms with Crippen molar-refractivity contribution in [1.82, 2.24) is 0 Å². The van der Waals surface area contributed by atoms with Crippen molar-refractivity contribution < 1.29 is 32.2 Å². The van der Waals surface area contributed by atoms with Crippen molar-refractivity contribution in [2.24, 2.45) is 0 Å². The van der Waals surface area contributed by atoms with Crippen LogP contribution in [-0.4, -0.2) is 52.9 Å². The van der Waals surface area contributed by atoms with Gasteiger partial charge in [-0.1, -0.05) is 6.07 Å². The van der Waals surface area contributed by atoms with Crippen molar-refractivity contribution in [2.45, 2.75) is 6.92 Å². The molecule has 2 aromatic rings. The summed E-state index contributed by atoms with van der Waals surface area (Å²) < 4.78 is 42.0. The summed E-state index contributed by atoms with van der Waals surface area (Å²) in [4.78, 5) is 24.3. The van der Waals surface area contributed by atoms with Gasteiger partial charge in [0.05, 0.1) is 24.1 Å². The number of esters is 1. The van der Waals surface area contributed by atoms with Crippen LogP contribution in [0.5, 0.6) is 11.5 Å². The lowest BCUT2D eigenvalue weighted by molar-refractivity contribution is -0.114. The van der Waals surface area contributed by atoms with Gasteiger partial charge in [-0.3, -0.25) is 9.10 Å². The molecule has 0 aromatic heterocycles. The summed E-state index contributed by atoms with van der Waals surface area (Å²) in [6.07, 6.45) is 0. The molecule has 1 aliphatic rings. The van der Waals surface area contributed by atoms with Crippen LogP contribution in [0.4, 0.5) is 11.4 Å². The molecular formula is C20H22N2O7S. The van der Waals surface area contributed by atoms with Crippen LogP contribution in [0.25, 0.3) is 0 Å². The number of anilines is 2. The summed E-state index contributed by atoms with van der Waals surface area (Å²) in [5.41, 5.74) is 0.902. The first-order valence-corrected chi connectivity index (χ1v) is 10.8.